The summed E-state index contributed by atoms with van der Waals surface area (Å²) in [7, 11) is 0. The van der Waals surface area contributed by atoms with Crippen LogP contribution in [0.3, 0.4) is 0 Å². The summed E-state index contributed by atoms with van der Waals surface area (Å²) >= 11 is 0. The van der Waals surface area contributed by atoms with E-state index >= 15 is 0 Å². The van der Waals surface area contributed by atoms with Crippen LogP contribution < -0.4 is 25.9 Å². The standard InChI is InChI=1S/C78H71BN4O3/c1-75(2,3)49-38-40-62(53(42-49)47-26-15-13-16-27-47)82-64-34-22-21-33-61(64)80-74(82)57-46-55(71-68-72(57)86-67-37-24-20-32-60(67)79(68)59-31-19-23-36-66(59)85-71)52-30-25-35-65-69(52)81-73(56-44-51(77(7,8)9)45-58(70(56)84)78(10,11)12)83(65)63-41-39-50(76(4,5)6)43-54(63)48-28-17-14-18-29-48/h13-46,84H,1-12H3. The Hall–Kier alpha value is -9.40. The lowest BCUT2D eigenvalue weighted by atomic mass is 9.34. The zero-order valence-electron chi connectivity index (χ0n) is 51.3. The van der Waals surface area contributed by atoms with Crippen molar-refractivity contribution in [3.8, 4) is 96.3 Å². The molecule has 0 atom stereocenters. The van der Waals surface area contributed by atoms with E-state index in [0.717, 1.165) is 117 Å². The van der Waals surface area contributed by atoms with Crippen molar-refractivity contribution in [2.24, 2.45) is 0 Å². The van der Waals surface area contributed by atoms with Gasteiger partial charge in [-0.25, -0.2) is 9.97 Å². The minimum atomic E-state index is -0.397. The van der Waals surface area contributed by atoms with E-state index in [9.17, 15) is 5.11 Å². The van der Waals surface area contributed by atoms with Gasteiger partial charge in [-0.2, -0.15) is 0 Å². The minimum absolute atomic E-state index is 0.109. The number of ether oxygens (including phenoxy) is 2. The summed E-state index contributed by atoms with van der Waals surface area (Å²) in [4.78, 5) is 11.6. The number of hydrogen-bond acceptors (Lipinski definition) is 5. The molecule has 0 spiro atoms. The second kappa shape index (κ2) is 19.8. The molecule has 2 aromatic heterocycles. The molecule has 0 amide bonds. The molecule has 0 aliphatic carbocycles. The van der Waals surface area contributed by atoms with E-state index in [4.69, 9.17) is 19.4 Å². The van der Waals surface area contributed by atoms with Crippen LogP contribution in [0.5, 0.6) is 28.7 Å². The van der Waals surface area contributed by atoms with Gasteiger partial charge >= 0.3 is 0 Å². The van der Waals surface area contributed by atoms with E-state index < -0.39 is 5.41 Å². The van der Waals surface area contributed by atoms with Crippen LogP contribution in [0.4, 0.5) is 0 Å². The first-order valence-corrected chi connectivity index (χ1v) is 30.1. The van der Waals surface area contributed by atoms with E-state index in [1.807, 2.05) is 0 Å². The normalized spacial score (nSPS) is 13.1. The Morgan fingerprint density at radius 1 is 0.384 bits per heavy atom. The maximum Gasteiger partial charge on any atom is 0.260 e. The van der Waals surface area contributed by atoms with Gasteiger partial charge in [-0.3, -0.25) is 9.13 Å². The number of nitrogens with zero attached hydrogens (tertiary/aromatic N) is 4. The molecule has 7 nitrogen and oxygen atoms in total. The van der Waals surface area contributed by atoms with Gasteiger partial charge in [0.05, 0.1) is 44.6 Å². The molecule has 0 unspecified atom stereocenters. The predicted molar refractivity (Wildman–Crippen MR) is 357 cm³/mol. The summed E-state index contributed by atoms with van der Waals surface area (Å²) in [5.74, 6) is 4.52. The van der Waals surface area contributed by atoms with Gasteiger partial charge in [0.25, 0.3) is 6.71 Å². The molecular formula is C78H71BN4O3. The maximum atomic E-state index is 13.0. The molecule has 8 heteroatoms. The van der Waals surface area contributed by atoms with Crippen molar-refractivity contribution in [1.29, 1.82) is 0 Å². The van der Waals surface area contributed by atoms with Crippen LogP contribution in [0.2, 0.25) is 0 Å². The van der Waals surface area contributed by atoms with Crippen LogP contribution in [0.25, 0.3) is 89.6 Å². The molecule has 12 aromatic rings. The van der Waals surface area contributed by atoms with Crippen LogP contribution in [-0.4, -0.2) is 30.9 Å². The molecule has 2 aliphatic rings. The fraction of sp³-hybridized carbons (Fsp3) is 0.205. The number of aromatic nitrogens is 4. The molecule has 0 saturated heterocycles. The largest absolute Gasteiger partial charge is 0.507 e. The van der Waals surface area contributed by atoms with Gasteiger partial charge in [0.15, 0.2) is 0 Å². The van der Waals surface area contributed by atoms with Crippen LogP contribution in [0.1, 0.15) is 105 Å². The number of phenolic OH excluding ortho intramolecular Hbond substituents is 1. The third-order valence-corrected chi connectivity index (χ3v) is 17.6. The smallest absolute Gasteiger partial charge is 0.260 e. The first-order chi connectivity index (χ1) is 41.1. The molecule has 2 aliphatic heterocycles. The van der Waals surface area contributed by atoms with Crippen molar-refractivity contribution in [1.82, 2.24) is 19.1 Å². The first-order valence-electron chi connectivity index (χ1n) is 30.1. The van der Waals surface area contributed by atoms with Gasteiger partial charge in [-0.15, -0.1) is 0 Å². The summed E-state index contributed by atoms with van der Waals surface area (Å²) in [5.41, 5.74) is 19.4. The highest BCUT2D eigenvalue weighted by Gasteiger charge is 2.44. The van der Waals surface area contributed by atoms with E-state index in [1.165, 1.54) is 11.1 Å². The number of fused-ring (bicyclic) bond motifs is 6. The second-order valence-electron chi connectivity index (χ2n) is 27.6. The van der Waals surface area contributed by atoms with Gasteiger partial charge in [-0.05, 0) is 127 Å². The molecule has 10 aromatic carbocycles. The number of para-hydroxylation sites is 5. The number of rotatable bonds is 7. The van der Waals surface area contributed by atoms with E-state index in [2.05, 4.69) is 298 Å². The Morgan fingerprint density at radius 2 is 0.860 bits per heavy atom. The van der Waals surface area contributed by atoms with Crippen molar-refractivity contribution in [3.05, 3.63) is 229 Å². The molecule has 86 heavy (non-hydrogen) atoms. The molecule has 4 heterocycles. The molecule has 0 radical (unpaired) electrons. The van der Waals surface area contributed by atoms with Gasteiger partial charge < -0.3 is 14.6 Å². The molecule has 1 N–H and O–H groups in total. The lowest BCUT2D eigenvalue weighted by Gasteiger charge is -2.35. The summed E-state index contributed by atoms with van der Waals surface area (Å²) in [6.07, 6.45) is 0. The molecule has 424 valence electrons. The fourth-order valence-electron chi connectivity index (χ4n) is 12.9. The summed E-state index contributed by atoms with van der Waals surface area (Å²) in [5, 5.41) is 13.0. The van der Waals surface area contributed by atoms with E-state index in [-0.39, 0.29) is 28.7 Å². The van der Waals surface area contributed by atoms with Gasteiger partial charge in [0, 0.05) is 33.3 Å². The summed E-state index contributed by atoms with van der Waals surface area (Å²) in [6, 6.07) is 73.4. The van der Waals surface area contributed by atoms with Crippen molar-refractivity contribution in [3.63, 3.8) is 0 Å². The molecular weight excluding hydrogens is 1050 g/mol. The average Bonchev–Trinajstić information content (AvgIpc) is 1.18. The Labute approximate surface area is 505 Å². The topological polar surface area (TPSA) is 74.3 Å². The van der Waals surface area contributed by atoms with Crippen LogP contribution >= 0.6 is 0 Å². The summed E-state index contributed by atoms with van der Waals surface area (Å²) < 4.78 is 19.5. The Bertz CT molecular complexity index is 4690. The molecule has 14 rings (SSSR count). The predicted octanol–water partition coefficient (Wildman–Crippen LogP) is 18.3. The second-order valence-corrected chi connectivity index (χ2v) is 27.6. The van der Waals surface area contributed by atoms with E-state index in [1.54, 1.807) is 0 Å². The Morgan fingerprint density at radius 3 is 1.42 bits per heavy atom. The molecule has 0 saturated carbocycles. The third-order valence-electron chi connectivity index (χ3n) is 17.6. The lowest BCUT2D eigenvalue weighted by molar-refractivity contribution is 0.446. The van der Waals surface area contributed by atoms with Crippen LogP contribution in [0.15, 0.2) is 206 Å². The molecule has 0 bridgehead atoms. The quantitative estimate of drug-likeness (QED) is 0.161. The number of aromatic hydroxyl groups is 1. The van der Waals surface area contributed by atoms with Crippen molar-refractivity contribution in [2.45, 2.75) is 105 Å². The van der Waals surface area contributed by atoms with E-state index in [0.29, 0.717) is 22.9 Å². The van der Waals surface area contributed by atoms with Gasteiger partial charge in [0.1, 0.15) is 40.4 Å². The Kier molecular flexibility index (Phi) is 12.6. The van der Waals surface area contributed by atoms with Crippen molar-refractivity contribution in [2.75, 3.05) is 0 Å². The fourth-order valence-corrected chi connectivity index (χ4v) is 12.9. The van der Waals surface area contributed by atoms with Crippen LogP contribution in [-0.2, 0) is 21.7 Å². The molecule has 0 fully saturated rings. The van der Waals surface area contributed by atoms with Crippen molar-refractivity contribution >= 4 is 45.2 Å². The average molecular weight is 1120 g/mol. The zero-order chi connectivity index (χ0) is 59.8. The minimum Gasteiger partial charge on any atom is -0.507 e. The Balaban J connectivity index is 1.13. The number of benzene rings is 10. The summed E-state index contributed by atoms with van der Waals surface area (Å²) in [6.45, 7) is 26.6. The monoisotopic (exact) mass is 1120 g/mol. The highest BCUT2D eigenvalue weighted by atomic mass is 16.5. The maximum absolute atomic E-state index is 13.0. The first kappa shape index (κ1) is 54.5. The van der Waals surface area contributed by atoms with Gasteiger partial charge in [0.2, 0.25) is 0 Å². The zero-order valence-corrected chi connectivity index (χ0v) is 51.3. The SMILES string of the molecule is CC(C)(C)c1ccc(-n2c(-c3cc(-c4cccc5c4nc(-c4cc(C(C)(C)C)cc(C(C)(C)C)c4O)n5-c4ccc(C(C)(C)C)cc4-c4ccccc4)c4c5c3Oc3ccccc3B5c3ccccc3O4)nc3ccccc32)c(-c2ccccc2)c1. The highest BCUT2D eigenvalue weighted by Crippen LogP contribution is 2.51. The van der Waals surface area contributed by atoms with Crippen LogP contribution in [0, 0.1) is 0 Å². The highest BCUT2D eigenvalue weighted by molar-refractivity contribution is 6.98. The lowest BCUT2D eigenvalue weighted by Crippen LogP contribution is -2.57. The number of imidazole rings is 2. The van der Waals surface area contributed by atoms with Crippen molar-refractivity contribution < 1.29 is 14.6 Å². The van der Waals surface area contributed by atoms with Gasteiger partial charge in [-0.1, -0.05) is 223 Å². The number of hydrogen-bond donors (Lipinski definition) is 1. The third kappa shape index (κ3) is 9.03. The number of phenols is 1.